The summed E-state index contributed by atoms with van der Waals surface area (Å²) < 4.78 is 0. The molecule has 0 aromatic rings. The standard InChI is InChI=1S/C12H23N/c1-3-11(2)13-9-8-12(10-13)6-4-5-7-12/h11H,3-10H2,1-2H3. The SMILES string of the molecule is CCC(C)N1CCC2(CCCC2)C1. The van der Waals surface area contributed by atoms with E-state index in [0.29, 0.717) is 0 Å². The van der Waals surface area contributed by atoms with Crippen molar-refractivity contribution in [3.63, 3.8) is 0 Å². The molecule has 1 heteroatoms. The molecule has 2 aliphatic rings. The first-order valence-electron chi connectivity index (χ1n) is 6.00. The normalized spacial score (nSPS) is 30.0. The number of hydrogen-bond acceptors (Lipinski definition) is 1. The van der Waals surface area contributed by atoms with Crippen molar-refractivity contribution in [2.45, 2.75) is 58.4 Å². The molecule has 1 heterocycles. The van der Waals surface area contributed by atoms with Gasteiger partial charge in [-0.3, -0.25) is 0 Å². The van der Waals surface area contributed by atoms with Gasteiger partial charge in [0.05, 0.1) is 0 Å². The average Bonchev–Trinajstić information content (AvgIpc) is 2.76. The Bertz CT molecular complexity index is 170. The zero-order valence-corrected chi connectivity index (χ0v) is 9.18. The lowest BCUT2D eigenvalue weighted by atomic mass is 9.86. The van der Waals surface area contributed by atoms with Gasteiger partial charge in [-0.2, -0.15) is 0 Å². The molecule has 1 saturated carbocycles. The quantitative estimate of drug-likeness (QED) is 0.633. The molecule has 2 rings (SSSR count). The molecule has 0 aromatic heterocycles. The molecular weight excluding hydrogens is 158 g/mol. The van der Waals surface area contributed by atoms with Crippen molar-refractivity contribution in [3.05, 3.63) is 0 Å². The first-order valence-corrected chi connectivity index (χ1v) is 6.00. The maximum Gasteiger partial charge on any atom is 0.00645 e. The summed E-state index contributed by atoms with van der Waals surface area (Å²) in [6, 6.07) is 0.819. The lowest BCUT2D eigenvalue weighted by Crippen LogP contribution is -2.32. The molecule has 1 aliphatic heterocycles. The third kappa shape index (κ3) is 1.76. The summed E-state index contributed by atoms with van der Waals surface area (Å²) in [5.41, 5.74) is 0.767. The van der Waals surface area contributed by atoms with Gasteiger partial charge in [0.2, 0.25) is 0 Å². The molecule has 0 aromatic carbocycles. The topological polar surface area (TPSA) is 3.24 Å². The van der Waals surface area contributed by atoms with Crippen molar-refractivity contribution in [1.82, 2.24) is 4.90 Å². The number of rotatable bonds is 2. The molecule has 1 spiro atoms. The Labute approximate surface area is 82.5 Å². The Morgan fingerprint density at radius 1 is 1.23 bits per heavy atom. The van der Waals surface area contributed by atoms with Crippen LogP contribution < -0.4 is 0 Å². The summed E-state index contributed by atoms with van der Waals surface area (Å²) in [6.07, 6.45) is 8.82. The summed E-state index contributed by atoms with van der Waals surface area (Å²) in [4.78, 5) is 2.71. The average molecular weight is 181 g/mol. The fourth-order valence-electron chi connectivity index (χ4n) is 3.14. The van der Waals surface area contributed by atoms with E-state index in [2.05, 4.69) is 18.7 Å². The maximum atomic E-state index is 2.71. The second-order valence-corrected chi connectivity index (χ2v) is 5.18. The third-order valence-electron chi connectivity index (χ3n) is 4.35. The van der Waals surface area contributed by atoms with Gasteiger partial charge >= 0.3 is 0 Å². The molecule has 0 N–H and O–H groups in total. The van der Waals surface area contributed by atoms with Gasteiger partial charge in [-0.05, 0) is 44.6 Å². The Morgan fingerprint density at radius 2 is 1.92 bits per heavy atom. The first-order chi connectivity index (χ1) is 6.26. The molecule has 1 saturated heterocycles. The highest BCUT2D eigenvalue weighted by Crippen LogP contribution is 2.45. The Kier molecular flexibility index (Phi) is 2.64. The second kappa shape index (κ2) is 3.61. The lowest BCUT2D eigenvalue weighted by molar-refractivity contribution is 0.210. The van der Waals surface area contributed by atoms with E-state index in [4.69, 9.17) is 0 Å². The molecule has 2 fully saturated rings. The monoisotopic (exact) mass is 181 g/mol. The van der Waals surface area contributed by atoms with Gasteiger partial charge in [-0.15, -0.1) is 0 Å². The molecule has 1 atom stereocenters. The Morgan fingerprint density at radius 3 is 2.54 bits per heavy atom. The van der Waals surface area contributed by atoms with Crippen LogP contribution in [0.25, 0.3) is 0 Å². The van der Waals surface area contributed by atoms with Crippen molar-refractivity contribution >= 4 is 0 Å². The van der Waals surface area contributed by atoms with Crippen LogP contribution in [0.3, 0.4) is 0 Å². The molecule has 1 unspecified atom stereocenters. The van der Waals surface area contributed by atoms with Gasteiger partial charge in [0.25, 0.3) is 0 Å². The van der Waals surface area contributed by atoms with E-state index in [9.17, 15) is 0 Å². The zero-order chi connectivity index (χ0) is 9.31. The predicted molar refractivity (Wildman–Crippen MR) is 56.8 cm³/mol. The smallest absolute Gasteiger partial charge is 0.00645 e. The maximum absolute atomic E-state index is 2.71. The van der Waals surface area contributed by atoms with Gasteiger partial charge in [0.1, 0.15) is 0 Å². The van der Waals surface area contributed by atoms with E-state index in [1.54, 1.807) is 0 Å². The molecule has 13 heavy (non-hydrogen) atoms. The predicted octanol–water partition coefficient (Wildman–Crippen LogP) is 3.05. The van der Waals surface area contributed by atoms with E-state index in [1.165, 1.54) is 51.6 Å². The summed E-state index contributed by atoms with van der Waals surface area (Å²) in [5.74, 6) is 0. The summed E-state index contributed by atoms with van der Waals surface area (Å²) >= 11 is 0. The molecular formula is C12H23N. The summed E-state index contributed by atoms with van der Waals surface area (Å²) in [6.45, 7) is 7.47. The number of likely N-dealkylation sites (tertiary alicyclic amines) is 1. The van der Waals surface area contributed by atoms with Crippen LogP contribution in [0.5, 0.6) is 0 Å². The van der Waals surface area contributed by atoms with Crippen LogP contribution in [-0.2, 0) is 0 Å². The summed E-state index contributed by atoms with van der Waals surface area (Å²) in [7, 11) is 0. The zero-order valence-electron chi connectivity index (χ0n) is 9.18. The van der Waals surface area contributed by atoms with Crippen LogP contribution in [0.1, 0.15) is 52.4 Å². The number of nitrogens with zero attached hydrogens (tertiary/aromatic N) is 1. The molecule has 1 nitrogen and oxygen atoms in total. The minimum atomic E-state index is 0.767. The van der Waals surface area contributed by atoms with Crippen LogP contribution in [0.4, 0.5) is 0 Å². The lowest BCUT2D eigenvalue weighted by Gasteiger charge is -2.27. The van der Waals surface area contributed by atoms with Crippen molar-refractivity contribution < 1.29 is 0 Å². The van der Waals surface area contributed by atoms with E-state index in [-0.39, 0.29) is 0 Å². The van der Waals surface area contributed by atoms with E-state index >= 15 is 0 Å². The molecule has 1 aliphatic carbocycles. The highest BCUT2D eigenvalue weighted by atomic mass is 15.2. The van der Waals surface area contributed by atoms with E-state index in [0.717, 1.165) is 11.5 Å². The van der Waals surface area contributed by atoms with Gasteiger partial charge in [-0.1, -0.05) is 19.8 Å². The summed E-state index contributed by atoms with van der Waals surface area (Å²) in [5, 5.41) is 0. The van der Waals surface area contributed by atoms with Crippen molar-refractivity contribution in [1.29, 1.82) is 0 Å². The van der Waals surface area contributed by atoms with Gasteiger partial charge in [0, 0.05) is 12.6 Å². The fraction of sp³-hybridized carbons (Fsp3) is 1.00. The van der Waals surface area contributed by atoms with Crippen molar-refractivity contribution in [2.75, 3.05) is 13.1 Å². The van der Waals surface area contributed by atoms with Gasteiger partial charge in [-0.25, -0.2) is 0 Å². The van der Waals surface area contributed by atoms with Gasteiger partial charge in [0.15, 0.2) is 0 Å². The van der Waals surface area contributed by atoms with Crippen molar-refractivity contribution in [2.24, 2.45) is 5.41 Å². The molecule has 76 valence electrons. The van der Waals surface area contributed by atoms with Gasteiger partial charge < -0.3 is 4.90 Å². The minimum Gasteiger partial charge on any atom is -0.300 e. The van der Waals surface area contributed by atoms with E-state index in [1.807, 2.05) is 0 Å². The Balaban J connectivity index is 1.93. The Hall–Kier alpha value is -0.0400. The van der Waals surface area contributed by atoms with Crippen LogP contribution in [0, 0.1) is 5.41 Å². The van der Waals surface area contributed by atoms with Crippen LogP contribution in [0.2, 0.25) is 0 Å². The first kappa shape index (κ1) is 9.51. The van der Waals surface area contributed by atoms with Crippen molar-refractivity contribution in [3.8, 4) is 0 Å². The highest BCUT2D eigenvalue weighted by Gasteiger charge is 2.40. The largest absolute Gasteiger partial charge is 0.300 e. The van der Waals surface area contributed by atoms with Crippen LogP contribution >= 0.6 is 0 Å². The molecule has 0 bridgehead atoms. The van der Waals surface area contributed by atoms with Crippen LogP contribution in [-0.4, -0.2) is 24.0 Å². The minimum absolute atomic E-state index is 0.767. The van der Waals surface area contributed by atoms with Crippen LogP contribution in [0.15, 0.2) is 0 Å². The van der Waals surface area contributed by atoms with E-state index < -0.39 is 0 Å². The third-order valence-corrected chi connectivity index (χ3v) is 4.35. The molecule has 0 amide bonds. The second-order valence-electron chi connectivity index (χ2n) is 5.18. The molecule has 0 radical (unpaired) electrons. The highest BCUT2D eigenvalue weighted by molar-refractivity contribution is 4.94. The fourth-order valence-corrected chi connectivity index (χ4v) is 3.14. The number of hydrogen-bond donors (Lipinski definition) is 0.